The van der Waals surface area contributed by atoms with Crippen molar-refractivity contribution >= 4 is 21.8 Å². The molecule has 0 amide bonds. The molecule has 2 aromatic rings. The number of aromatic nitrogens is 2. The van der Waals surface area contributed by atoms with E-state index < -0.39 is 45.8 Å². The summed E-state index contributed by atoms with van der Waals surface area (Å²) in [6.07, 6.45) is -3.33. The van der Waals surface area contributed by atoms with Crippen LogP contribution in [-0.4, -0.2) is 65.9 Å². The number of nitrogens with one attached hydrogen (secondary N) is 1. The maximum atomic E-state index is 13.8. The summed E-state index contributed by atoms with van der Waals surface area (Å²) >= 11 is 0. The Morgan fingerprint density at radius 1 is 1.21 bits per heavy atom. The standard InChI is InChI=1S/C20H24F3N5O4S/c1-33(30,31)27-9-7-15(17(29)12-27)25-19-24-11-14(20(21,22)23)18(26-19)28-16(8-10-32-28)13-5-3-2-4-6-13/h2-6,11,15-17,29H,7-10,12H2,1H3,(H,24,25,26)/t15-,16-,17-/m0/s1. The quantitative estimate of drug-likeness (QED) is 0.661. The van der Waals surface area contributed by atoms with E-state index in [-0.39, 0.29) is 32.1 Å². The van der Waals surface area contributed by atoms with Crippen molar-refractivity contribution in [3.8, 4) is 0 Å². The normalized spacial score (nSPS) is 24.8. The first-order valence-corrected chi connectivity index (χ1v) is 12.2. The van der Waals surface area contributed by atoms with Gasteiger partial charge in [-0.2, -0.15) is 22.5 Å². The third-order valence-electron chi connectivity index (χ3n) is 5.70. The molecule has 3 heterocycles. The van der Waals surface area contributed by atoms with E-state index in [4.69, 9.17) is 4.84 Å². The van der Waals surface area contributed by atoms with Gasteiger partial charge in [-0.05, 0) is 12.0 Å². The first kappa shape index (κ1) is 23.7. The van der Waals surface area contributed by atoms with Crippen LogP contribution in [0.2, 0.25) is 0 Å². The van der Waals surface area contributed by atoms with Crippen molar-refractivity contribution in [1.82, 2.24) is 14.3 Å². The topological polar surface area (TPSA) is 108 Å². The van der Waals surface area contributed by atoms with Crippen LogP contribution >= 0.6 is 0 Å². The number of anilines is 2. The Hall–Kier alpha value is -2.48. The molecule has 4 rings (SSSR count). The van der Waals surface area contributed by atoms with Crippen LogP contribution < -0.4 is 10.4 Å². The molecule has 0 spiro atoms. The molecule has 180 valence electrons. The van der Waals surface area contributed by atoms with E-state index in [1.807, 2.05) is 18.2 Å². The number of halogens is 3. The van der Waals surface area contributed by atoms with E-state index in [0.29, 0.717) is 12.6 Å². The van der Waals surface area contributed by atoms with Gasteiger partial charge in [0.25, 0.3) is 0 Å². The summed E-state index contributed by atoms with van der Waals surface area (Å²) in [5.41, 5.74) is -0.247. The highest BCUT2D eigenvalue weighted by atomic mass is 32.2. The SMILES string of the molecule is CS(=O)(=O)N1CC[C@H](Nc2ncc(C(F)(F)F)c(N3OCC[C@H]3c3ccccc3)n2)[C@@H](O)C1. The number of rotatable bonds is 5. The minimum absolute atomic E-state index is 0.114. The van der Waals surface area contributed by atoms with Gasteiger partial charge < -0.3 is 10.4 Å². The highest BCUT2D eigenvalue weighted by molar-refractivity contribution is 7.88. The maximum Gasteiger partial charge on any atom is 0.421 e. The highest BCUT2D eigenvalue weighted by Crippen LogP contribution is 2.41. The van der Waals surface area contributed by atoms with Crippen molar-refractivity contribution in [3.63, 3.8) is 0 Å². The molecule has 2 fully saturated rings. The number of hydroxylamine groups is 1. The van der Waals surface area contributed by atoms with E-state index in [1.54, 1.807) is 12.1 Å². The number of piperidine rings is 1. The van der Waals surface area contributed by atoms with Crippen molar-refractivity contribution < 1.29 is 31.5 Å². The van der Waals surface area contributed by atoms with E-state index in [0.717, 1.165) is 21.2 Å². The predicted octanol–water partition coefficient (Wildman–Crippen LogP) is 2.19. The number of β-amino-alcohol motifs (C(OH)–C–C–N with tert-alkyl or cyclic N) is 1. The monoisotopic (exact) mass is 487 g/mol. The lowest BCUT2D eigenvalue weighted by Gasteiger charge is -2.35. The number of aliphatic hydroxyl groups excluding tert-OH is 1. The molecule has 33 heavy (non-hydrogen) atoms. The summed E-state index contributed by atoms with van der Waals surface area (Å²) in [4.78, 5) is 13.5. The molecule has 2 aliphatic rings. The molecule has 0 aliphatic carbocycles. The van der Waals surface area contributed by atoms with Crippen LogP contribution in [0.15, 0.2) is 36.5 Å². The van der Waals surface area contributed by atoms with Crippen molar-refractivity contribution in [3.05, 3.63) is 47.7 Å². The zero-order chi connectivity index (χ0) is 23.8. The van der Waals surface area contributed by atoms with Gasteiger partial charge in [0.05, 0.1) is 31.1 Å². The molecular weight excluding hydrogens is 463 g/mol. The Morgan fingerprint density at radius 2 is 1.94 bits per heavy atom. The fraction of sp³-hybridized carbons (Fsp3) is 0.500. The lowest BCUT2D eigenvalue weighted by atomic mass is 10.0. The zero-order valence-corrected chi connectivity index (χ0v) is 18.6. The van der Waals surface area contributed by atoms with Crippen molar-refractivity contribution in [2.75, 3.05) is 36.3 Å². The largest absolute Gasteiger partial charge is 0.421 e. The van der Waals surface area contributed by atoms with Gasteiger partial charge in [0.1, 0.15) is 5.56 Å². The third kappa shape index (κ3) is 5.21. The summed E-state index contributed by atoms with van der Waals surface area (Å²) in [5, 5.41) is 14.4. The molecule has 0 saturated carbocycles. The van der Waals surface area contributed by atoms with Crippen molar-refractivity contribution in [1.29, 1.82) is 0 Å². The minimum Gasteiger partial charge on any atom is -0.390 e. The molecule has 0 bridgehead atoms. The van der Waals surface area contributed by atoms with Crippen LogP contribution in [0.25, 0.3) is 0 Å². The lowest BCUT2D eigenvalue weighted by Crippen LogP contribution is -2.51. The molecular formula is C20H24F3N5O4S. The Bertz CT molecular complexity index is 1090. The molecule has 3 atom stereocenters. The molecule has 13 heteroatoms. The summed E-state index contributed by atoms with van der Waals surface area (Å²) in [5.74, 6) is -0.536. The maximum absolute atomic E-state index is 13.8. The molecule has 2 N–H and O–H groups in total. The van der Waals surface area contributed by atoms with E-state index in [2.05, 4.69) is 15.3 Å². The first-order chi connectivity index (χ1) is 15.5. The molecule has 1 aromatic heterocycles. The summed E-state index contributed by atoms with van der Waals surface area (Å²) < 4.78 is 65.8. The molecule has 0 radical (unpaired) electrons. The summed E-state index contributed by atoms with van der Waals surface area (Å²) in [7, 11) is -3.46. The van der Waals surface area contributed by atoms with Crippen LogP contribution in [0.3, 0.4) is 0 Å². The third-order valence-corrected chi connectivity index (χ3v) is 6.97. The van der Waals surface area contributed by atoms with Crippen LogP contribution in [0, 0.1) is 0 Å². The second-order valence-corrected chi connectivity index (χ2v) is 10.0. The van der Waals surface area contributed by atoms with Crippen molar-refractivity contribution in [2.45, 2.75) is 37.2 Å². The van der Waals surface area contributed by atoms with Gasteiger partial charge in [-0.1, -0.05) is 30.3 Å². The number of alkyl halides is 3. The predicted molar refractivity (Wildman–Crippen MR) is 114 cm³/mol. The van der Waals surface area contributed by atoms with Crippen LogP contribution in [-0.2, 0) is 21.0 Å². The minimum atomic E-state index is -4.71. The number of nitrogens with zero attached hydrogens (tertiary/aromatic N) is 4. The van der Waals surface area contributed by atoms with Gasteiger partial charge in [0.2, 0.25) is 16.0 Å². The van der Waals surface area contributed by atoms with Crippen molar-refractivity contribution in [2.24, 2.45) is 0 Å². The Morgan fingerprint density at radius 3 is 2.58 bits per heavy atom. The van der Waals surface area contributed by atoms with Crippen LogP contribution in [0.5, 0.6) is 0 Å². The average molecular weight is 488 g/mol. The molecule has 2 aliphatic heterocycles. The van der Waals surface area contributed by atoms with Gasteiger partial charge in [-0.15, -0.1) is 0 Å². The summed E-state index contributed by atoms with van der Waals surface area (Å²) in [6, 6.07) is 7.95. The van der Waals surface area contributed by atoms with E-state index in [9.17, 15) is 26.7 Å². The second kappa shape index (κ2) is 9.05. The highest BCUT2D eigenvalue weighted by Gasteiger charge is 2.41. The fourth-order valence-electron chi connectivity index (χ4n) is 4.00. The van der Waals surface area contributed by atoms with Crippen LogP contribution in [0.1, 0.15) is 30.0 Å². The summed E-state index contributed by atoms with van der Waals surface area (Å²) in [6.45, 7) is 0.258. The molecule has 2 saturated heterocycles. The second-order valence-electron chi connectivity index (χ2n) is 8.03. The Kier molecular flexibility index (Phi) is 6.49. The zero-order valence-electron chi connectivity index (χ0n) is 17.7. The van der Waals surface area contributed by atoms with Gasteiger partial charge >= 0.3 is 6.18 Å². The van der Waals surface area contributed by atoms with E-state index in [1.165, 1.54) is 0 Å². The first-order valence-electron chi connectivity index (χ1n) is 10.3. The lowest BCUT2D eigenvalue weighted by molar-refractivity contribution is -0.138. The average Bonchev–Trinajstić information content (AvgIpc) is 3.24. The Balaban J connectivity index is 1.61. The van der Waals surface area contributed by atoms with Gasteiger partial charge in [-0.3, -0.25) is 4.84 Å². The van der Waals surface area contributed by atoms with E-state index >= 15 is 0 Å². The number of sulfonamides is 1. The van der Waals surface area contributed by atoms with Gasteiger partial charge in [0.15, 0.2) is 5.82 Å². The van der Waals surface area contributed by atoms with Gasteiger partial charge in [-0.25, -0.2) is 18.5 Å². The molecule has 1 aromatic carbocycles. The smallest absolute Gasteiger partial charge is 0.390 e. The van der Waals surface area contributed by atoms with Crippen LogP contribution in [0.4, 0.5) is 24.9 Å². The molecule has 9 nitrogen and oxygen atoms in total. The van der Waals surface area contributed by atoms with Gasteiger partial charge in [0, 0.05) is 25.7 Å². The number of benzene rings is 1. The number of hydrogen-bond acceptors (Lipinski definition) is 8. The number of hydrogen-bond donors (Lipinski definition) is 2. The molecule has 0 unspecified atom stereocenters. The fourth-order valence-corrected chi connectivity index (χ4v) is 4.86. The number of aliphatic hydroxyl groups is 1. The Labute approximate surface area is 189 Å².